The van der Waals surface area contributed by atoms with Gasteiger partial charge in [0.1, 0.15) is 11.8 Å². The van der Waals surface area contributed by atoms with Crippen molar-refractivity contribution >= 4 is 27.5 Å². The predicted octanol–water partition coefficient (Wildman–Crippen LogP) is 4.81. The molecule has 34 heavy (non-hydrogen) atoms. The molecule has 0 aliphatic heterocycles. The van der Waals surface area contributed by atoms with Crippen LogP contribution in [0.5, 0.6) is 5.75 Å². The van der Waals surface area contributed by atoms with Crippen LogP contribution in [0.2, 0.25) is 5.02 Å². The minimum Gasteiger partial charge on any atom is -0.494 e. The number of sulfonamides is 1. The molecule has 0 bridgehead atoms. The Bertz CT molecular complexity index is 1220. The first kappa shape index (κ1) is 25.7. The van der Waals surface area contributed by atoms with E-state index < -0.39 is 22.0 Å². The van der Waals surface area contributed by atoms with Gasteiger partial charge in [-0.15, -0.1) is 0 Å². The maximum Gasteiger partial charge on any atom is 0.241 e. The summed E-state index contributed by atoms with van der Waals surface area (Å²) in [5, 5.41) is 3.52. The molecule has 0 saturated carbocycles. The molecule has 0 aliphatic rings. The molecule has 6 nitrogen and oxygen atoms in total. The van der Waals surface area contributed by atoms with Gasteiger partial charge in [0.05, 0.1) is 17.5 Å². The van der Waals surface area contributed by atoms with Crippen LogP contribution in [-0.2, 0) is 21.2 Å². The largest absolute Gasteiger partial charge is 0.494 e. The van der Waals surface area contributed by atoms with Crippen LogP contribution < -0.4 is 14.8 Å². The Morgan fingerprint density at radius 2 is 1.71 bits per heavy atom. The number of amides is 1. The molecule has 3 rings (SSSR count). The molecular formula is C26H29ClN2O4S. The fraction of sp³-hybridized carbons (Fsp3) is 0.269. The summed E-state index contributed by atoms with van der Waals surface area (Å²) < 4.78 is 34.5. The normalized spacial score (nSPS) is 13.2. The van der Waals surface area contributed by atoms with Crippen molar-refractivity contribution in [3.8, 4) is 5.75 Å². The number of ether oxygens (including phenoxy) is 1. The zero-order valence-electron chi connectivity index (χ0n) is 19.4. The summed E-state index contributed by atoms with van der Waals surface area (Å²) in [7, 11) is -3.97. The summed E-state index contributed by atoms with van der Waals surface area (Å²) in [5.74, 6) is 0.203. The Labute approximate surface area is 206 Å². The molecule has 0 spiro atoms. The van der Waals surface area contributed by atoms with E-state index in [4.69, 9.17) is 16.3 Å². The number of nitrogens with one attached hydrogen (secondary N) is 2. The van der Waals surface area contributed by atoms with Gasteiger partial charge < -0.3 is 10.1 Å². The van der Waals surface area contributed by atoms with Crippen LogP contribution in [0.3, 0.4) is 0 Å². The summed E-state index contributed by atoms with van der Waals surface area (Å²) in [6, 6.07) is 19.8. The molecule has 180 valence electrons. The third-order valence-corrected chi connectivity index (χ3v) is 7.10. The molecule has 0 saturated heterocycles. The van der Waals surface area contributed by atoms with E-state index in [9.17, 15) is 13.2 Å². The van der Waals surface area contributed by atoms with Crippen LogP contribution in [-0.4, -0.2) is 27.0 Å². The minimum absolute atomic E-state index is 0.0741. The van der Waals surface area contributed by atoms with Crippen LogP contribution in [0.4, 0.5) is 0 Å². The highest BCUT2D eigenvalue weighted by Gasteiger charge is 2.27. The molecule has 0 heterocycles. The maximum atomic E-state index is 13.2. The van der Waals surface area contributed by atoms with Gasteiger partial charge in [-0.1, -0.05) is 54.1 Å². The third kappa shape index (κ3) is 6.82. The van der Waals surface area contributed by atoms with Gasteiger partial charge >= 0.3 is 0 Å². The molecule has 1 amide bonds. The van der Waals surface area contributed by atoms with Crippen LogP contribution >= 0.6 is 11.6 Å². The lowest BCUT2D eigenvalue weighted by molar-refractivity contribution is -0.123. The van der Waals surface area contributed by atoms with Gasteiger partial charge in [0.2, 0.25) is 15.9 Å². The third-order valence-electron chi connectivity index (χ3n) is 5.38. The summed E-state index contributed by atoms with van der Waals surface area (Å²) in [5.41, 5.74) is 2.40. The van der Waals surface area contributed by atoms with E-state index in [2.05, 4.69) is 10.0 Å². The van der Waals surface area contributed by atoms with E-state index >= 15 is 0 Å². The number of carbonyl (C=O) groups is 1. The van der Waals surface area contributed by atoms with Gasteiger partial charge in [0, 0.05) is 5.02 Å². The number of carbonyl (C=O) groups excluding carboxylic acids is 1. The number of rotatable bonds is 10. The first-order valence-electron chi connectivity index (χ1n) is 11.0. The smallest absolute Gasteiger partial charge is 0.241 e. The predicted molar refractivity (Wildman–Crippen MR) is 135 cm³/mol. The molecule has 0 radical (unpaired) electrons. The van der Waals surface area contributed by atoms with Gasteiger partial charge in [-0.2, -0.15) is 4.72 Å². The van der Waals surface area contributed by atoms with E-state index in [0.29, 0.717) is 22.9 Å². The zero-order chi connectivity index (χ0) is 24.7. The van der Waals surface area contributed by atoms with Crippen molar-refractivity contribution in [2.45, 2.75) is 44.2 Å². The van der Waals surface area contributed by atoms with E-state index in [1.807, 2.05) is 56.3 Å². The van der Waals surface area contributed by atoms with Gasteiger partial charge in [-0.25, -0.2) is 8.42 Å². The molecule has 2 atom stereocenters. The second-order valence-corrected chi connectivity index (χ2v) is 10.2. The van der Waals surface area contributed by atoms with Crippen LogP contribution in [0, 0.1) is 6.92 Å². The lowest BCUT2D eigenvalue weighted by atomic mass is 10.0. The highest BCUT2D eigenvalue weighted by molar-refractivity contribution is 7.89. The maximum absolute atomic E-state index is 13.2. The van der Waals surface area contributed by atoms with Crippen LogP contribution in [0.1, 0.15) is 36.6 Å². The Morgan fingerprint density at radius 1 is 1.03 bits per heavy atom. The van der Waals surface area contributed by atoms with E-state index in [-0.39, 0.29) is 17.4 Å². The monoisotopic (exact) mass is 500 g/mol. The van der Waals surface area contributed by atoms with Crippen molar-refractivity contribution in [1.29, 1.82) is 0 Å². The number of halogens is 1. The lowest BCUT2D eigenvalue weighted by Gasteiger charge is -2.22. The SMILES string of the molecule is CCOc1ccc(S(=O)(=O)NC(Cc2ccccc2)C(=O)NC(C)c2ccc(Cl)cc2)cc1C. The Kier molecular flexibility index (Phi) is 8.72. The van der Waals surface area contributed by atoms with E-state index in [0.717, 1.165) is 11.1 Å². The summed E-state index contributed by atoms with van der Waals surface area (Å²) in [4.78, 5) is 13.3. The van der Waals surface area contributed by atoms with Crippen molar-refractivity contribution < 1.29 is 17.9 Å². The molecule has 2 unspecified atom stereocenters. The topological polar surface area (TPSA) is 84.5 Å². The van der Waals surface area contributed by atoms with Crippen molar-refractivity contribution in [3.05, 3.63) is 94.5 Å². The zero-order valence-corrected chi connectivity index (χ0v) is 21.0. The standard InChI is InChI=1S/C26H29ClN2O4S/c1-4-33-25-15-14-23(16-18(25)2)34(31,32)29-24(17-20-8-6-5-7-9-20)26(30)28-19(3)21-10-12-22(27)13-11-21/h5-16,19,24,29H,4,17H2,1-3H3,(H,28,30). The van der Waals surface area contributed by atoms with Gasteiger partial charge in [0.25, 0.3) is 0 Å². The molecule has 0 aliphatic carbocycles. The van der Waals surface area contributed by atoms with E-state index in [1.165, 1.54) is 6.07 Å². The second-order valence-electron chi connectivity index (χ2n) is 8.01. The number of aryl methyl sites for hydroxylation is 1. The molecular weight excluding hydrogens is 472 g/mol. The minimum atomic E-state index is -3.97. The van der Waals surface area contributed by atoms with Crippen molar-refractivity contribution in [1.82, 2.24) is 10.0 Å². The lowest BCUT2D eigenvalue weighted by Crippen LogP contribution is -2.48. The fourth-order valence-corrected chi connectivity index (χ4v) is 4.95. The molecule has 0 fully saturated rings. The average molecular weight is 501 g/mol. The Balaban J connectivity index is 1.84. The summed E-state index contributed by atoms with van der Waals surface area (Å²) >= 11 is 5.96. The molecule has 0 aromatic heterocycles. The van der Waals surface area contributed by atoms with Crippen LogP contribution in [0.15, 0.2) is 77.7 Å². The average Bonchev–Trinajstić information content (AvgIpc) is 2.81. The van der Waals surface area contributed by atoms with E-state index in [1.54, 1.807) is 31.2 Å². The first-order chi connectivity index (χ1) is 16.2. The van der Waals surface area contributed by atoms with Crippen LogP contribution in [0.25, 0.3) is 0 Å². The van der Waals surface area contributed by atoms with Crippen molar-refractivity contribution in [3.63, 3.8) is 0 Å². The van der Waals surface area contributed by atoms with Gasteiger partial charge in [0.15, 0.2) is 0 Å². The van der Waals surface area contributed by atoms with Crippen molar-refractivity contribution in [2.24, 2.45) is 0 Å². The number of hydrogen-bond acceptors (Lipinski definition) is 4. The quantitative estimate of drug-likeness (QED) is 0.418. The molecule has 3 aromatic carbocycles. The Morgan fingerprint density at radius 3 is 2.32 bits per heavy atom. The Hall–Kier alpha value is -2.87. The summed E-state index contributed by atoms with van der Waals surface area (Å²) in [6.45, 7) is 5.97. The van der Waals surface area contributed by atoms with Crippen molar-refractivity contribution in [2.75, 3.05) is 6.61 Å². The fourth-order valence-electron chi connectivity index (χ4n) is 3.55. The number of benzene rings is 3. The summed E-state index contributed by atoms with van der Waals surface area (Å²) in [6.07, 6.45) is 0.204. The molecule has 2 N–H and O–H groups in total. The number of hydrogen-bond donors (Lipinski definition) is 2. The van der Waals surface area contributed by atoms with Gasteiger partial charge in [-0.05, 0) is 74.2 Å². The highest BCUT2D eigenvalue weighted by atomic mass is 35.5. The first-order valence-corrected chi connectivity index (χ1v) is 12.9. The molecule has 8 heteroatoms. The van der Waals surface area contributed by atoms with Gasteiger partial charge in [-0.3, -0.25) is 4.79 Å². The molecule has 3 aromatic rings. The second kappa shape index (κ2) is 11.5. The highest BCUT2D eigenvalue weighted by Crippen LogP contribution is 2.22.